The molecule has 1 saturated heterocycles. The molecule has 0 saturated carbocycles. The molecule has 1 heterocycles. The van der Waals surface area contributed by atoms with E-state index in [1.807, 2.05) is 6.92 Å². The highest BCUT2D eigenvalue weighted by atomic mass is 32.2. The van der Waals surface area contributed by atoms with Gasteiger partial charge >= 0.3 is 0 Å². The molecule has 1 aliphatic rings. The van der Waals surface area contributed by atoms with Crippen molar-refractivity contribution in [3.8, 4) is 0 Å². The van der Waals surface area contributed by atoms with Crippen molar-refractivity contribution in [1.29, 1.82) is 0 Å². The highest BCUT2D eigenvalue weighted by Gasteiger charge is 2.22. The third kappa shape index (κ3) is 6.23. The predicted octanol–water partition coefficient (Wildman–Crippen LogP) is 2.26. The molecule has 0 aromatic heterocycles. The average Bonchev–Trinajstić information content (AvgIpc) is 2.38. The zero-order chi connectivity index (χ0) is 14.3. The largest absolute Gasteiger partial charge is 0.314 e. The van der Waals surface area contributed by atoms with E-state index < -0.39 is 10.0 Å². The summed E-state index contributed by atoms with van der Waals surface area (Å²) >= 11 is 0. The van der Waals surface area contributed by atoms with Crippen molar-refractivity contribution in [3.63, 3.8) is 0 Å². The molecule has 0 aromatic rings. The van der Waals surface area contributed by atoms with Gasteiger partial charge in [0, 0.05) is 12.1 Å². The Morgan fingerprint density at radius 3 is 2.47 bits per heavy atom. The standard InChI is InChI=1S/C14H30N2O2S/c1-4-13(5-2)12(3)16-19(17,18)11-9-14-8-6-7-10-15-14/h12-16H,4-11H2,1-3H3. The van der Waals surface area contributed by atoms with Gasteiger partial charge in [-0.1, -0.05) is 33.1 Å². The first-order valence-corrected chi connectivity index (χ1v) is 9.37. The second kappa shape index (κ2) is 8.22. The summed E-state index contributed by atoms with van der Waals surface area (Å²) in [4.78, 5) is 0. The predicted molar refractivity (Wildman–Crippen MR) is 80.7 cm³/mol. The topological polar surface area (TPSA) is 58.2 Å². The Balaban J connectivity index is 2.38. The Morgan fingerprint density at radius 1 is 1.26 bits per heavy atom. The Kier molecular flexibility index (Phi) is 7.32. The van der Waals surface area contributed by atoms with Gasteiger partial charge in [-0.2, -0.15) is 0 Å². The molecule has 0 aromatic carbocycles. The molecule has 0 amide bonds. The fourth-order valence-electron chi connectivity index (χ4n) is 2.90. The van der Waals surface area contributed by atoms with Crippen LogP contribution >= 0.6 is 0 Å². The number of hydrogen-bond donors (Lipinski definition) is 2. The number of nitrogens with one attached hydrogen (secondary N) is 2. The maximum Gasteiger partial charge on any atom is 0.211 e. The van der Waals surface area contributed by atoms with Crippen LogP contribution in [0.4, 0.5) is 0 Å². The molecule has 2 atom stereocenters. The van der Waals surface area contributed by atoms with E-state index in [9.17, 15) is 8.42 Å². The highest BCUT2D eigenvalue weighted by Crippen LogP contribution is 2.15. The van der Waals surface area contributed by atoms with E-state index in [0.717, 1.165) is 32.2 Å². The Labute approximate surface area is 118 Å². The van der Waals surface area contributed by atoms with Gasteiger partial charge in [-0.05, 0) is 38.6 Å². The second-order valence-electron chi connectivity index (χ2n) is 5.74. The molecule has 1 fully saturated rings. The van der Waals surface area contributed by atoms with E-state index >= 15 is 0 Å². The first kappa shape index (κ1) is 16.9. The van der Waals surface area contributed by atoms with E-state index in [1.54, 1.807) is 0 Å². The lowest BCUT2D eigenvalue weighted by Gasteiger charge is -2.25. The molecule has 2 unspecified atom stereocenters. The summed E-state index contributed by atoms with van der Waals surface area (Å²) in [6, 6.07) is 0.424. The molecule has 0 radical (unpaired) electrons. The molecule has 4 nitrogen and oxygen atoms in total. The lowest BCUT2D eigenvalue weighted by molar-refractivity contribution is 0.382. The zero-order valence-corrected chi connectivity index (χ0v) is 13.4. The van der Waals surface area contributed by atoms with Gasteiger partial charge in [0.2, 0.25) is 10.0 Å². The van der Waals surface area contributed by atoms with Gasteiger partial charge in [-0.3, -0.25) is 0 Å². The number of sulfonamides is 1. The van der Waals surface area contributed by atoms with E-state index in [4.69, 9.17) is 0 Å². The van der Waals surface area contributed by atoms with Crippen LogP contribution in [-0.4, -0.2) is 32.8 Å². The number of rotatable bonds is 8. The summed E-state index contributed by atoms with van der Waals surface area (Å²) in [5.41, 5.74) is 0. The lowest BCUT2D eigenvalue weighted by atomic mass is 9.96. The molecule has 5 heteroatoms. The van der Waals surface area contributed by atoms with Crippen molar-refractivity contribution in [2.45, 2.75) is 71.4 Å². The van der Waals surface area contributed by atoms with Crippen LogP contribution in [-0.2, 0) is 10.0 Å². The van der Waals surface area contributed by atoms with Gasteiger partial charge < -0.3 is 5.32 Å². The molecule has 0 aliphatic carbocycles. The Morgan fingerprint density at radius 2 is 1.95 bits per heavy atom. The van der Waals surface area contributed by atoms with Crippen molar-refractivity contribution >= 4 is 10.0 Å². The minimum Gasteiger partial charge on any atom is -0.314 e. The van der Waals surface area contributed by atoms with Crippen molar-refractivity contribution in [3.05, 3.63) is 0 Å². The zero-order valence-electron chi connectivity index (χ0n) is 12.6. The first-order chi connectivity index (χ1) is 8.98. The van der Waals surface area contributed by atoms with Crippen LogP contribution < -0.4 is 10.0 Å². The van der Waals surface area contributed by atoms with E-state index in [1.165, 1.54) is 12.8 Å². The SMILES string of the molecule is CCC(CC)C(C)NS(=O)(=O)CCC1CCCCN1. The molecule has 114 valence electrons. The van der Waals surface area contributed by atoms with Crippen LogP contribution in [0.5, 0.6) is 0 Å². The van der Waals surface area contributed by atoms with Crippen molar-refractivity contribution < 1.29 is 8.42 Å². The summed E-state index contributed by atoms with van der Waals surface area (Å²) in [7, 11) is -3.14. The third-order valence-corrected chi connectivity index (χ3v) is 5.77. The molecule has 1 aliphatic heterocycles. The summed E-state index contributed by atoms with van der Waals surface area (Å²) in [5, 5.41) is 3.40. The van der Waals surface area contributed by atoms with E-state index in [0.29, 0.717) is 12.0 Å². The summed E-state index contributed by atoms with van der Waals surface area (Å²) in [6.07, 6.45) is 6.31. The van der Waals surface area contributed by atoms with Crippen LogP contribution in [0.15, 0.2) is 0 Å². The van der Waals surface area contributed by atoms with Gasteiger partial charge in [-0.25, -0.2) is 13.1 Å². The molecular weight excluding hydrogens is 260 g/mol. The van der Waals surface area contributed by atoms with Crippen LogP contribution in [0.2, 0.25) is 0 Å². The Bertz CT molecular complexity index is 333. The lowest BCUT2D eigenvalue weighted by Crippen LogP contribution is -2.41. The average molecular weight is 290 g/mol. The summed E-state index contributed by atoms with van der Waals surface area (Å²) in [5.74, 6) is 0.678. The van der Waals surface area contributed by atoms with Crippen LogP contribution in [0.1, 0.15) is 59.3 Å². The monoisotopic (exact) mass is 290 g/mol. The molecule has 2 N–H and O–H groups in total. The fourth-order valence-corrected chi connectivity index (χ4v) is 4.37. The number of piperidine rings is 1. The van der Waals surface area contributed by atoms with Crippen molar-refractivity contribution in [2.75, 3.05) is 12.3 Å². The van der Waals surface area contributed by atoms with Gasteiger partial charge in [0.25, 0.3) is 0 Å². The summed E-state index contributed by atoms with van der Waals surface area (Å²) in [6.45, 7) is 7.24. The number of hydrogen-bond acceptors (Lipinski definition) is 3. The smallest absolute Gasteiger partial charge is 0.211 e. The van der Waals surface area contributed by atoms with Gasteiger partial charge in [0.15, 0.2) is 0 Å². The van der Waals surface area contributed by atoms with Crippen molar-refractivity contribution in [1.82, 2.24) is 10.0 Å². The van der Waals surface area contributed by atoms with E-state index in [-0.39, 0.29) is 11.8 Å². The van der Waals surface area contributed by atoms with Crippen LogP contribution in [0, 0.1) is 5.92 Å². The molecule has 0 bridgehead atoms. The first-order valence-electron chi connectivity index (χ1n) is 7.71. The maximum atomic E-state index is 12.1. The van der Waals surface area contributed by atoms with E-state index in [2.05, 4.69) is 23.9 Å². The normalized spacial score (nSPS) is 22.6. The van der Waals surface area contributed by atoms with Crippen LogP contribution in [0.25, 0.3) is 0 Å². The Hall–Kier alpha value is -0.130. The van der Waals surface area contributed by atoms with Gasteiger partial charge in [0.1, 0.15) is 0 Å². The van der Waals surface area contributed by atoms with Crippen LogP contribution in [0.3, 0.4) is 0 Å². The fraction of sp³-hybridized carbons (Fsp3) is 1.00. The van der Waals surface area contributed by atoms with Gasteiger partial charge in [0.05, 0.1) is 5.75 Å². The molecular formula is C14H30N2O2S. The minimum atomic E-state index is -3.14. The third-order valence-electron chi connectivity index (χ3n) is 4.27. The minimum absolute atomic E-state index is 0.0410. The second-order valence-corrected chi connectivity index (χ2v) is 7.61. The van der Waals surface area contributed by atoms with Crippen molar-refractivity contribution in [2.24, 2.45) is 5.92 Å². The quantitative estimate of drug-likeness (QED) is 0.721. The molecule has 1 rings (SSSR count). The molecule has 19 heavy (non-hydrogen) atoms. The highest BCUT2D eigenvalue weighted by molar-refractivity contribution is 7.89. The maximum absolute atomic E-state index is 12.1. The molecule has 0 spiro atoms. The van der Waals surface area contributed by atoms with Gasteiger partial charge in [-0.15, -0.1) is 0 Å². The summed E-state index contributed by atoms with van der Waals surface area (Å²) < 4.78 is 27.0.